The van der Waals surface area contributed by atoms with Gasteiger partial charge in [0.25, 0.3) is 5.56 Å². The number of anilines is 1. The molecule has 0 atom stereocenters. The Morgan fingerprint density at radius 2 is 1.82 bits per heavy atom. The maximum absolute atomic E-state index is 13.1. The van der Waals surface area contributed by atoms with E-state index in [4.69, 9.17) is 0 Å². The van der Waals surface area contributed by atoms with Crippen molar-refractivity contribution >= 4 is 50.8 Å². The Kier molecular flexibility index (Phi) is 6.90. The molecule has 0 saturated heterocycles. The van der Waals surface area contributed by atoms with E-state index in [1.165, 1.54) is 32.6 Å². The highest BCUT2D eigenvalue weighted by Crippen LogP contribution is 2.24. The first-order valence-corrected chi connectivity index (χ1v) is 12.1. The average Bonchev–Trinajstić information content (AvgIpc) is 3.28. The van der Waals surface area contributed by atoms with E-state index in [1.807, 2.05) is 66.9 Å². The fourth-order valence-electron chi connectivity index (χ4n) is 3.17. The summed E-state index contributed by atoms with van der Waals surface area (Å²) in [6, 6.07) is 18.4. The minimum Gasteiger partial charge on any atom is -0.336 e. The summed E-state index contributed by atoms with van der Waals surface area (Å²) in [7, 11) is 1.58. The normalized spacial score (nSPS) is 10.8. The number of aromatic nitrogens is 2. The third kappa shape index (κ3) is 5.32. The number of rotatable bonds is 7. The first kappa shape index (κ1) is 22.8. The quantitative estimate of drug-likeness (QED) is 0.321. The Balaban J connectivity index is 1.46. The zero-order valence-electron chi connectivity index (χ0n) is 18.1. The molecule has 0 bridgehead atoms. The van der Waals surface area contributed by atoms with Crippen molar-refractivity contribution in [2.75, 3.05) is 24.7 Å². The van der Waals surface area contributed by atoms with Gasteiger partial charge in [-0.2, -0.15) is 0 Å². The fourth-order valence-corrected chi connectivity index (χ4v) is 4.93. The van der Waals surface area contributed by atoms with E-state index in [9.17, 15) is 14.4 Å². The lowest BCUT2D eigenvalue weighted by Gasteiger charge is -2.17. The van der Waals surface area contributed by atoms with E-state index < -0.39 is 0 Å². The number of hydrogen-bond donors (Lipinski definition) is 1. The van der Waals surface area contributed by atoms with Gasteiger partial charge in [0.2, 0.25) is 11.8 Å². The monoisotopic (exact) mass is 478 g/mol. The first-order valence-electron chi connectivity index (χ1n) is 10.2. The van der Waals surface area contributed by atoms with Crippen molar-refractivity contribution in [2.45, 2.75) is 12.1 Å². The molecule has 7 nitrogen and oxygen atoms in total. The average molecular weight is 479 g/mol. The van der Waals surface area contributed by atoms with E-state index in [-0.39, 0.29) is 29.7 Å². The number of carbonyl (C=O) groups is 2. The Morgan fingerprint density at radius 3 is 2.55 bits per heavy atom. The lowest BCUT2D eigenvalue weighted by atomic mass is 10.2. The lowest BCUT2D eigenvalue weighted by molar-refractivity contribution is -0.131. The van der Waals surface area contributed by atoms with Crippen LogP contribution in [-0.4, -0.2) is 45.6 Å². The van der Waals surface area contributed by atoms with Crippen molar-refractivity contribution in [3.63, 3.8) is 0 Å². The summed E-state index contributed by atoms with van der Waals surface area (Å²) in [5, 5.41) is 5.60. The molecule has 0 aliphatic rings. The maximum Gasteiger partial charge on any atom is 0.267 e. The van der Waals surface area contributed by atoms with E-state index in [1.54, 1.807) is 13.1 Å². The van der Waals surface area contributed by atoms with Crippen molar-refractivity contribution in [3.8, 4) is 5.69 Å². The Morgan fingerprint density at radius 1 is 1.09 bits per heavy atom. The number of nitrogens with zero attached hydrogens (tertiary/aromatic N) is 3. The van der Waals surface area contributed by atoms with Gasteiger partial charge in [-0.25, -0.2) is 4.98 Å². The fraction of sp³-hybridized carbons (Fsp3) is 0.167. The standard InChI is InChI=1S/C24H22N4O3S2/c1-16-8-10-17(11-9-16)25-20(29)14-27(2)21(30)15-33-24-26-22-19(12-13-32-22)23(31)28(24)18-6-4-3-5-7-18/h3-13H,14-15H2,1-2H3,(H,25,29). The first-order chi connectivity index (χ1) is 15.9. The highest BCUT2D eigenvalue weighted by Gasteiger charge is 2.18. The van der Waals surface area contributed by atoms with Crippen LogP contribution in [0.4, 0.5) is 5.69 Å². The molecule has 0 spiro atoms. The smallest absolute Gasteiger partial charge is 0.267 e. The van der Waals surface area contributed by atoms with Crippen LogP contribution in [0.3, 0.4) is 0 Å². The van der Waals surface area contributed by atoms with Gasteiger partial charge in [-0.3, -0.25) is 19.0 Å². The van der Waals surface area contributed by atoms with E-state index >= 15 is 0 Å². The molecule has 2 heterocycles. The third-order valence-electron chi connectivity index (χ3n) is 4.95. The molecule has 2 aromatic carbocycles. The van der Waals surface area contributed by atoms with Crippen LogP contribution in [0.15, 0.2) is 76.0 Å². The highest BCUT2D eigenvalue weighted by molar-refractivity contribution is 7.99. The summed E-state index contributed by atoms with van der Waals surface area (Å²) in [5.74, 6) is -0.469. The van der Waals surface area contributed by atoms with E-state index in [2.05, 4.69) is 10.3 Å². The SMILES string of the molecule is Cc1ccc(NC(=O)CN(C)C(=O)CSc2nc3sccc3c(=O)n2-c2ccccc2)cc1. The van der Waals surface area contributed by atoms with Crippen LogP contribution >= 0.6 is 23.1 Å². The zero-order chi connectivity index (χ0) is 23.4. The number of benzene rings is 2. The van der Waals surface area contributed by atoms with Crippen LogP contribution in [0, 0.1) is 6.92 Å². The lowest BCUT2D eigenvalue weighted by Crippen LogP contribution is -2.36. The molecule has 33 heavy (non-hydrogen) atoms. The second kappa shape index (κ2) is 10.0. The van der Waals surface area contributed by atoms with Crippen LogP contribution in [0.5, 0.6) is 0 Å². The molecule has 0 saturated carbocycles. The number of aryl methyl sites for hydroxylation is 1. The topological polar surface area (TPSA) is 84.3 Å². The summed E-state index contributed by atoms with van der Waals surface area (Å²) in [6.07, 6.45) is 0. The number of thiophene rings is 1. The molecular weight excluding hydrogens is 456 g/mol. The molecule has 168 valence electrons. The van der Waals surface area contributed by atoms with Crippen LogP contribution < -0.4 is 10.9 Å². The third-order valence-corrected chi connectivity index (χ3v) is 6.68. The van der Waals surface area contributed by atoms with Crippen LogP contribution in [0.25, 0.3) is 15.9 Å². The van der Waals surface area contributed by atoms with Gasteiger partial charge in [-0.15, -0.1) is 11.3 Å². The van der Waals surface area contributed by atoms with Gasteiger partial charge in [0, 0.05) is 12.7 Å². The highest BCUT2D eigenvalue weighted by atomic mass is 32.2. The molecule has 4 rings (SSSR count). The van der Waals surface area contributed by atoms with Crippen molar-refractivity contribution in [2.24, 2.45) is 0 Å². The van der Waals surface area contributed by atoms with Gasteiger partial charge >= 0.3 is 0 Å². The molecule has 9 heteroatoms. The molecule has 2 aromatic heterocycles. The van der Waals surface area contributed by atoms with Crippen molar-refractivity contribution in [3.05, 3.63) is 82.0 Å². The number of fused-ring (bicyclic) bond motifs is 1. The summed E-state index contributed by atoms with van der Waals surface area (Å²) < 4.78 is 1.52. The summed E-state index contributed by atoms with van der Waals surface area (Å²) >= 11 is 2.56. The minimum atomic E-state index is -0.279. The van der Waals surface area contributed by atoms with Crippen molar-refractivity contribution < 1.29 is 9.59 Å². The van der Waals surface area contributed by atoms with Crippen molar-refractivity contribution in [1.29, 1.82) is 0 Å². The Hall–Kier alpha value is -3.43. The number of thioether (sulfide) groups is 1. The predicted molar refractivity (Wildman–Crippen MR) is 133 cm³/mol. The van der Waals surface area contributed by atoms with Gasteiger partial charge < -0.3 is 10.2 Å². The van der Waals surface area contributed by atoms with Crippen LogP contribution in [-0.2, 0) is 9.59 Å². The molecule has 4 aromatic rings. The number of nitrogens with one attached hydrogen (secondary N) is 1. The number of para-hydroxylation sites is 1. The zero-order valence-corrected chi connectivity index (χ0v) is 19.8. The van der Waals surface area contributed by atoms with Gasteiger partial charge in [0.15, 0.2) is 5.16 Å². The number of carbonyl (C=O) groups excluding carboxylic acids is 2. The van der Waals surface area contributed by atoms with E-state index in [0.29, 0.717) is 26.7 Å². The summed E-state index contributed by atoms with van der Waals surface area (Å²) in [5.41, 5.74) is 2.29. The maximum atomic E-state index is 13.1. The molecule has 0 unspecified atom stereocenters. The summed E-state index contributed by atoms with van der Waals surface area (Å²) in [4.78, 5) is 44.7. The Labute approximate surface area is 199 Å². The molecule has 2 amide bonds. The molecule has 0 aliphatic heterocycles. The van der Waals surface area contributed by atoms with E-state index in [0.717, 1.165) is 5.56 Å². The summed E-state index contributed by atoms with van der Waals surface area (Å²) in [6.45, 7) is 1.90. The molecule has 0 fully saturated rings. The number of likely N-dealkylation sites (N-methyl/N-ethyl adjacent to an activating group) is 1. The number of amides is 2. The minimum absolute atomic E-state index is 0.0461. The van der Waals surface area contributed by atoms with Gasteiger partial charge in [0.1, 0.15) is 4.83 Å². The van der Waals surface area contributed by atoms with Gasteiger partial charge in [0.05, 0.1) is 23.4 Å². The molecule has 1 N–H and O–H groups in total. The second-order valence-corrected chi connectivity index (χ2v) is 9.30. The molecule has 0 radical (unpaired) electrons. The van der Waals surface area contributed by atoms with Gasteiger partial charge in [-0.05, 0) is 42.6 Å². The van der Waals surface area contributed by atoms with Gasteiger partial charge in [-0.1, -0.05) is 47.7 Å². The molecular formula is C24H22N4O3S2. The molecule has 0 aliphatic carbocycles. The van der Waals surface area contributed by atoms with Crippen LogP contribution in [0.1, 0.15) is 5.56 Å². The van der Waals surface area contributed by atoms with Crippen LogP contribution in [0.2, 0.25) is 0 Å². The number of hydrogen-bond acceptors (Lipinski definition) is 6. The Bertz CT molecular complexity index is 1350. The second-order valence-electron chi connectivity index (χ2n) is 7.46. The largest absolute Gasteiger partial charge is 0.336 e. The predicted octanol–water partition coefficient (Wildman–Crippen LogP) is 3.94. The van der Waals surface area contributed by atoms with Crippen molar-refractivity contribution in [1.82, 2.24) is 14.5 Å².